The molecule has 0 aromatic heterocycles. The van der Waals surface area contributed by atoms with Gasteiger partial charge in [0.15, 0.2) is 5.78 Å². The summed E-state index contributed by atoms with van der Waals surface area (Å²) in [5, 5.41) is 9.66. The normalized spacial score (nSPS) is 25.9. The van der Waals surface area contributed by atoms with Crippen molar-refractivity contribution in [3.05, 3.63) is 47.1 Å². The van der Waals surface area contributed by atoms with Crippen molar-refractivity contribution in [3.63, 3.8) is 0 Å². The summed E-state index contributed by atoms with van der Waals surface area (Å²) in [6.07, 6.45) is 6.70. The van der Waals surface area contributed by atoms with Crippen molar-refractivity contribution in [1.29, 1.82) is 0 Å². The molecule has 2 aliphatic carbocycles. The van der Waals surface area contributed by atoms with E-state index in [2.05, 4.69) is 12.2 Å². The number of benzene rings is 1. The number of rotatable bonds is 1. The first-order valence-electron chi connectivity index (χ1n) is 6.78. The van der Waals surface area contributed by atoms with Crippen LogP contribution in [-0.4, -0.2) is 10.9 Å². The molecule has 1 aromatic rings. The highest BCUT2D eigenvalue weighted by Crippen LogP contribution is 2.54. The molecule has 2 nitrogen and oxygen atoms in total. The van der Waals surface area contributed by atoms with E-state index in [4.69, 9.17) is 0 Å². The zero-order valence-electron chi connectivity index (χ0n) is 11.4. The van der Waals surface area contributed by atoms with E-state index < -0.39 is 0 Å². The van der Waals surface area contributed by atoms with Gasteiger partial charge in [-0.05, 0) is 61.1 Å². The molecule has 1 aromatic carbocycles. The van der Waals surface area contributed by atoms with Crippen LogP contribution in [0.1, 0.15) is 37.8 Å². The van der Waals surface area contributed by atoms with Crippen LogP contribution in [-0.2, 0) is 11.2 Å². The lowest BCUT2D eigenvalue weighted by Crippen LogP contribution is -2.26. The predicted octanol–water partition coefficient (Wildman–Crippen LogP) is 3.65. The van der Waals surface area contributed by atoms with Gasteiger partial charge in [-0.2, -0.15) is 0 Å². The standard InChI is InChI=1S/C17H18O2/c1-3-7-17-8-6-15(19)11(2)16(17)14-5-4-13(18)9-12(14)10-17/h3-5,7,9,18H,6,8,10H2,1-2H3/b7-3+. The second-order valence-corrected chi connectivity index (χ2v) is 5.60. The number of aromatic hydroxyl groups is 1. The summed E-state index contributed by atoms with van der Waals surface area (Å²) in [5.74, 6) is 0.564. The molecule has 1 atom stereocenters. The van der Waals surface area contributed by atoms with Gasteiger partial charge in [0.2, 0.25) is 0 Å². The molecule has 0 saturated heterocycles. The summed E-state index contributed by atoms with van der Waals surface area (Å²) in [6, 6.07) is 5.50. The highest BCUT2D eigenvalue weighted by molar-refractivity contribution is 6.06. The molecule has 2 heteroatoms. The number of hydrogen-bond donors (Lipinski definition) is 1. The van der Waals surface area contributed by atoms with Crippen LogP contribution in [0.5, 0.6) is 5.75 Å². The maximum Gasteiger partial charge on any atom is 0.158 e. The Morgan fingerprint density at radius 3 is 2.89 bits per heavy atom. The van der Waals surface area contributed by atoms with Crippen molar-refractivity contribution in [2.45, 2.75) is 33.1 Å². The van der Waals surface area contributed by atoms with Crippen LogP contribution in [0, 0.1) is 5.41 Å². The van der Waals surface area contributed by atoms with Crippen LogP contribution < -0.4 is 0 Å². The Kier molecular flexibility index (Phi) is 2.63. The van der Waals surface area contributed by atoms with Crippen molar-refractivity contribution in [2.24, 2.45) is 5.41 Å². The molecule has 0 aliphatic heterocycles. The third-order valence-electron chi connectivity index (χ3n) is 4.44. The minimum Gasteiger partial charge on any atom is -0.508 e. The number of phenolic OH excluding ortho intramolecular Hbond substituents is 1. The van der Waals surface area contributed by atoms with Crippen molar-refractivity contribution in [1.82, 2.24) is 0 Å². The Labute approximate surface area is 113 Å². The quantitative estimate of drug-likeness (QED) is 0.777. The minimum atomic E-state index is -0.0388. The molecule has 98 valence electrons. The molecule has 0 heterocycles. The molecular weight excluding hydrogens is 236 g/mol. The van der Waals surface area contributed by atoms with E-state index >= 15 is 0 Å². The summed E-state index contributed by atoms with van der Waals surface area (Å²) in [5.41, 5.74) is 4.33. The van der Waals surface area contributed by atoms with Gasteiger partial charge in [0.05, 0.1) is 0 Å². The number of Topliss-reactive ketones (excluding diaryl/α,β-unsaturated/α-hetero) is 1. The van der Waals surface area contributed by atoms with Crippen molar-refractivity contribution < 1.29 is 9.90 Å². The molecule has 0 radical (unpaired) electrons. The SMILES string of the molecule is C/C=C/C12CCC(=O)C(C)=C1c1ccc(O)cc1C2. The third-order valence-corrected chi connectivity index (χ3v) is 4.44. The fraction of sp³-hybridized carbons (Fsp3) is 0.353. The Hall–Kier alpha value is -1.83. The molecule has 19 heavy (non-hydrogen) atoms. The fourth-order valence-corrected chi connectivity index (χ4v) is 3.66. The molecule has 0 saturated carbocycles. The topological polar surface area (TPSA) is 37.3 Å². The summed E-state index contributed by atoms with van der Waals surface area (Å²) in [6.45, 7) is 3.97. The Morgan fingerprint density at radius 2 is 2.16 bits per heavy atom. The number of carbonyl (C=O) groups excluding carboxylic acids is 1. The average Bonchev–Trinajstić information content (AvgIpc) is 2.68. The number of allylic oxidation sites excluding steroid dienone is 4. The second kappa shape index (κ2) is 4.09. The minimum absolute atomic E-state index is 0.0388. The molecule has 0 fully saturated rings. The Bertz CT molecular complexity index is 622. The van der Waals surface area contributed by atoms with E-state index in [-0.39, 0.29) is 11.2 Å². The van der Waals surface area contributed by atoms with Gasteiger partial charge in [0, 0.05) is 11.8 Å². The molecule has 2 aliphatic rings. The van der Waals surface area contributed by atoms with E-state index in [0.717, 1.165) is 29.5 Å². The van der Waals surface area contributed by atoms with Gasteiger partial charge in [0.1, 0.15) is 5.75 Å². The third kappa shape index (κ3) is 1.66. The van der Waals surface area contributed by atoms with Crippen molar-refractivity contribution >= 4 is 11.4 Å². The van der Waals surface area contributed by atoms with Crippen LogP contribution in [0.15, 0.2) is 35.9 Å². The van der Waals surface area contributed by atoms with Crippen LogP contribution in [0.2, 0.25) is 0 Å². The van der Waals surface area contributed by atoms with Gasteiger partial charge < -0.3 is 5.11 Å². The largest absolute Gasteiger partial charge is 0.508 e. The fourth-order valence-electron chi connectivity index (χ4n) is 3.66. The number of fused-ring (bicyclic) bond motifs is 3. The van der Waals surface area contributed by atoms with E-state index in [1.807, 2.05) is 26.0 Å². The highest BCUT2D eigenvalue weighted by Gasteiger charge is 2.44. The molecule has 1 N–H and O–H groups in total. The van der Waals surface area contributed by atoms with Gasteiger partial charge in [-0.15, -0.1) is 0 Å². The second-order valence-electron chi connectivity index (χ2n) is 5.60. The first-order chi connectivity index (χ1) is 9.07. The smallest absolute Gasteiger partial charge is 0.158 e. The molecule has 0 amide bonds. The highest BCUT2D eigenvalue weighted by atomic mass is 16.3. The van der Waals surface area contributed by atoms with Gasteiger partial charge in [-0.25, -0.2) is 0 Å². The average molecular weight is 254 g/mol. The summed E-state index contributed by atoms with van der Waals surface area (Å²) >= 11 is 0. The summed E-state index contributed by atoms with van der Waals surface area (Å²) in [4.78, 5) is 12.0. The van der Waals surface area contributed by atoms with Gasteiger partial charge in [0.25, 0.3) is 0 Å². The molecule has 0 spiro atoms. The number of carbonyl (C=O) groups is 1. The zero-order chi connectivity index (χ0) is 13.6. The van der Waals surface area contributed by atoms with E-state index in [1.165, 1.54) is 5.57 Å². The lowest BCUT2D eigenvalue weighted by Gasteiger charge is -2.33. The molecular formula is C17H18O2. The number of phenols is 1. The zero-order valence-corrected chi connectivity index (χ0v) is 11.4. The van der Waals surface area contributed by atoms with Crippen molar-refractivity contribution in [2.75, 3.05) is 0 Å². The van der Waals surface area contributed by atoms with Crippen LogP contribution in [0.25, 0.3) is 5.57 Å². The van der Waals surface area contributed by atoms with E-state index in [9.17, 15) is 9.90 Å². The molecule has 3 rings (SSSR count). The maximum atomic E-state index is 12.0. The first kappa shape index (κ1) is 12.2. The van der Waals surface area contributed by atoms with Gasteiger partial charge >= 0.3 is 0 Å². The molecule has 1 unspecified atom stereocenters. The molecule has 0 bridgehead atoms. The Morgan fingerprint density at radius 1 is 1.37 bits per heavy atom. The monoisotopic (exact) mass is 254 g/mol. The van der Waals surface area contributed by atoms with Gasteiger partial charge in [-0.1, -0.05) is 18.2 Å². The van der Waals surface area contributed by atoms with E-state index in [0.29, 0.717) is 12.2 Å². The lowest BCUT2D eigenvalue weighted by molar-refractivity contribution is -0.116. The van der Waals surface area contributed by atoms with Crippen molar-refractivity contribution in [3.8, 4) is 5.75 Å². The summed E-state index contributed by atoms with van der Waals surface area (Å²) in [7, 11) is 0. The van der Waals surface area contributed by atoms with Gasteiger partial charge in [-0.3, -0.25) is 4.79 Å². The van der Waals surface area contributed by atoms with Crippen LogP contribution >= 0.6 is 0 Å². The lowest BCUT2D eigenvalue weighted by atomic mass is 9.70. The number of hydrogen-bond acceptors (Lipinski definition) is 2. The summed E-state index contributed by atoms with van der Waals surface area (Å²) < 4.78 is 0. The first-order valence-corrected chi connectivity index (χ1v) is 6.78. The number of ketones is 1. The van der Waals surface area contributed by atoms with Crippen LogP contribution in [0.4, 0.5) is 0 Å². The van der Waals surface area contributed by atoms with Crippen LogP contribution in [0.3, 0.4) is 0 Å². The predicted molar refractivity (Wildman–Crippen MR) is 75.9 cm³/mol. The van der Waals surface area contributed by atoms with E-state index in [1.54, 1.807) is 6.07 Å². The maximum absolute atomic E-state index is 12.0. The Balaban J connectivity index is 2.28.